The first-order chi connectivity index (χ1) is 11.8. The second-order valence-corrected chi connectivity index (χ2v) is 8.05. The van der Waals surface area contributed by atoms with Crippen molar-refractivity contribution in [3.05, 3.63) is 23.2 Å². The zero-order valence-electron chi connectivity index (χ0n) is 13.9. The predicted molar refractivity (Wildman–Crippen MR) is 92.5 cm³/mol. The Morgan fingerprint density at radius 3 is 2.88 bits per heavy atom. The molecule has 1 aliphatic rings. The molecular weight excluding hydrogens is 370 g/mol. The van der Waals surface area contributed by atoms with E-state index >= 15 is 0 Å². The third-order valence-corrected chi connectivity index (χ3v) is 5.59. The summed E-state index contributed by atoms with van der Waals surface area (Å²) < 4.78 is 38.5. The second kappa shape index (κ2) is 8.84. The maximum absolute atomic E-state index is 12.7. The molecule has 9 heteroatoms. The molecule has 1 saturated heterocycles. The van der Waals surface area contributed by atoms with Gasteiger partial charge in [0.05, 0.1) is 13.2 Å². The first-order valence-corrected chi connectivity index (χ1v) is 9.95. The average Bonchev–Trinajstić information content (AvgIpc) is 3.06. The van der Waals surface area contributed by atoms with Crippen molar-refractivity contribution in [3.63, 3.8) is 0 Å². The molecule has 0 bridgehead atoms. The van der Waals surface area contributed by atoms with Crippen LogP contribution < -0.4 is 9.46 Å². The summed E-state index contributed by atoms with van der Waals surface area (Å²) in [6.45, 7) is 3.34. The zero-order valence-corrected chi connectivity index (χ0v) is 15.5. The molecule has 2 atom stereocenters. The van der Waals surface area contributed by atoms with Crippen LogP contribution in [-0.4, -0.2) is 45.4 Å². The lowest BCUT2D eigenvalue weighted by Gasteiger charge is -2.17. The van der Waals surface area contributed by atoms with Crippen molar-refractivity contribution in [1.29, 1.82) is 0 Å². The highest BCUT2D eigenvalue weighted by Crippen LogP contribution is 2.28. The van der Waals surface area contributed by atoms with Gasteiger partial charge in [0, 0.05) is 17.5 Å². The number of halogens is 1. The standard InChI is InChI=1S/C16H22ClNO6S/c1-2-3-13(16(19)20)18-25(21,22)15-8-12(17)4-5-14(15)24-10-11-6-7-23-9-11/h4-5,8,11,13,18H,2-3,6-7,9-10H2,1H3,(H,19,20). The zero-order chi connectivity index (χ0) is 18.4. The van der Waals surface area contributed by atoms with Gasteiger partial charge in [0.25, 0.3) is 0 Å². The van der Waals surface area contributed by atoms with Crippen molar-refractivity contribution < 1.29 is 27.8 Å². The minimum atomic E-state index is -4.10. The monoisotopic (exact) mass is 391 g/mol. The van der Waals surface area contributed by atoms with Crippen molar-refractivity contribution in [2.75, 3.05) is 19.8 Å². The number of aliphatic carboxylic acids is 1. The summed E-state index contributed by atoms with van der Waals surface area (Å²) in [5.41, 5.74) is 0. The molecule has 0 aliphatic carbocycles. The van der Waals surface area contributed by atoms with E-state index in [2.05, 4.69) is 4.72 Å². The first-order valence-electron chi connectivity index (χ1n) is 8.08. The molecule has 140 valence electrons. The van der Waals surface area contributed by atoms with Crippen LogP contribution in [0.2, 0.25) is 5.02 Å². The summed E-state index contributed by atoms with van der Waals surface area (Å²) in [6, 6.07) is 3.06. The molecular formula is C16H22ClNO6S. The molecule has 25 heavy (non-hydrogen) atoms. The van der Waals surface area contributed by atoms with Crippen LogP contribution in [-0.2, 0) is 19.6 Å². The quantitative estimate of drug-likeness (QED) is 0.669. The molecule has 1 aromatic rings. The molecule has 2 rings (SSSR count). The Morgan fingerprint density at radius 1 is 1.52 bits per heavy atom. The fourth-order valence-corrected chi connectivity index (χ4v) is 4.14. The lowest BCUT2D eigenvalue weighted by Crippen LogP contribution is -2.40. The molecule has 0 amide bonds. The van der Waals surface area contributed by atoms with E-state index in [9.17, 15) is 18.3 Å². The van der Waals surface area contributed by atoms with Crippen LogP contribution in [0.4, 0.5) is 0 Å². The summed E-state index contributed by atoms with van der Waals surface area (Å²) in [5.74, 6) is -0.881. The van der Waals surface area contributed by atoms with E-state index in [4.69, 9.17) is 21.1 Å². The van der Waals surface area contributed by atoms with Crippen molar-refractivity contribution in [1.82, 2.24) is 4.72 Å². The largest absolute Gasteiger partial charge is 0.492 e. The number of carbonyl (C=O) groups is 1. The van der Waals surface area contributed by atoms with Crippen LogP contribution >= 0.6 is 11.6 Å². The molecule has 2 unspecified atom stereocenters. The van der Waals surface area contributed by atoms with Crippen LogP contribution in [0.1, 0.15) is 26.2 Å². The van der Waals surface area contributed by atoms with Gasteiger partial charge < -0.3 is 14.6 Å². The third kappa shape index (κ3) is 5.57. The molecule has 7 nitrogen and oxygen atoms in total. The highest BCUT2D eigenvalue weighted by Gasteiger charge is 2.28. The normalized spacial score (nSPS) is 18.9. The van der Waals surface area contributed by atoms with E-state index in [0.717, 1.165) is 6.42 Å². The number of hydrogen-bond donors (Lipinski definition) is 2. The van der Waals surface area contributed by atoms with Gasteiger partial charge in [0.15, 0.2) is 0 Å². The molecule has 0 spiro atoms. The lowest BCUT2D eigenvalue weighted by atomic mass is 10.1. The lowest BCUT2D eigenvalue weighted by molar-refractivity contribution is -0.139. The second-order valence-electron chi connectivity index (χ2n) is 5.93. The topological polar surface area (TPSA) is 102 Å². The molecule has 0 aromatic heterocycles. The van der Waals surface area contributed by atoms with Gasteiger partial charge in [-0.2, -0.15) is 4.72 Å². The summed E-state index contributed by atoms with van der Waals surface area (Å²) in [7, 11) is -4.10. The van der Waals surface area contributed by atoms with Crippen LogP contribution in [0.5, 0.6) is 5.75 Å². The van der Waals surface area contributed by atoms with Gasteiger partial charge in [-0.3, -0.25) is 4.79 Å². The summed E-state index contributed by atoms with van der Waals surface area (Å²) in [6.07, 6.45) is 1.57. The fraction of sp³-hybridized carbons (Fsp3) is 0.562. The maximum Gasteiger partial charge on any atom is 0.321 e. The Kier molecular flexibility index (Phi) is 7.06. The molecule has 0 saturated carbocycles. The SMILES string of the molecule is CCCC(NS(=O)(=O)c1cc(Cl)ccc1OCC1CCOC1)C(=O)O. The van der Waals surface area contributed by atoms with Crippen molar-refractivity contribution in [3.8, 4) is 5.75 Å². The van der Waals surface area contributed by atoms with Gasteiger partial charge in [-0.15, -0.1) is 0 Å². The Bertz CT molecular complexity index is 703. The minimum Gasteiger partial charge on any atom is -0.492 e. The van der Waals surface area contributed by atoms with E-state index in [-0.39, 0.29) is 28.0 Å². The molecule has 1 fully saturated rings. The number of hydrogen-bond acceptors (Lipinski definition) is 5. The third-order valence-electron chi connectivity index (χ3n) is 3.87. The number of rotatable bonds is 9. The number of carboxylic acid groups (broad SMARTS) is 1. The first kappa shape index (κ1) is 20.0. The Balaban J connectivity index is 2.22. The van der Waals surface area contributed by atoms with Gasteiger partial charge in [0.2, 0.25) is 10.0 Å². The van der Waals surface area contributed by atoms with E-state index in [1.807, 2.05) is 0 Å². The van der Waals surface area contributed by atoms with Crippen molar-refractivity contribution in [2.24, 2.45) is 5.92 Å². The minimum absolute atomic E-state index is 0.143. The number of ether oxygens (including phenoxy) is 2. The average molecular weight is 392 g/mol. The van der Waals surface area contributed by atoms with Gasteiger partial charge in [-0.05, 0) is 31.0 Å². The van der Waals surface area contributed by atoms with Crippen LogP contribution in [0, 0.1) is 5.92 Å². The Hall–Kier alpha value is -1.35. The highest BCUT2D eigenvalue weighted by molar-refractivity contribution is 7.89. The Morgan fingerprint density at radius 2 is 2.28 bits per heavy atom. The summed E-state index contributed by atoms with van der Waals surface area (Å²) >= 11 is 5.93. The van der Waals surface area contributed by atoms with Crippen LogP contribution in [0.25, 0.3) is 0 Å². The number of benzene rings is 1. The molecule has 0 radical (unpaired) electrons. The van der Waals surface area contributed by atoms with E-state index in [1.54, 1.807) is 6.92 Å². The van der Waals surface area contributed by atoms with E-state index in [1.165, 1.54) is 18.2 Å². The van der Waals surface area contributed by atoms with Crippen LogP contribution in [0.15, 0.2) is 23.1 Å². The van der Waals surface area contributed by atoms with Crippen LogP contribution in [0.3, 0.4) is 0 Å². The molecule has 1 heterocycles. The molecule has 1 aliphatic heterocycles. The summed E-state index contributed by atoms with van der Waals surface area (Å²) in [4.78, 5) is 11.1. The van der Waals surface area contributed by atoms with E-state index in [0.29, 0.717) is 26.2 Å². The van der Waals surface area contributed by atoms with Gasteiger partial charge in [-0.25, -0.2) is 8.42 Å². The smallest absolute Gasteiger partial charge is 0.321 e. The predicted octanol–water partition coefficient (Wildman–Crippen LogP) is 2.29. The number of carboxylic acids is 1. The maximum atomic E-state index is 12.7. The Labute approximate surface area is 152 Å². The number of nitrogens with one attached hydrogen (secondary N) is 1. The fourth-order valence-electron chi connectivity index (χ4n) is 2.51. The van der Waals surface area contributed by atoms with Gasteiger partial charge in [0.1, 0.15) is 16.7 Å². The van der Waals surface area contributed by atoms with E-state index < -0.39 is 22.0 Å². The van der Waals surface area contributed by atoms with Crippen molar-refractivity contribution in [2.45, 2.75) is 37.1 Å². The van der Waals surface area contributed by atoms with Gasteiger partial charge >= 0.3 is 5.97 Å². The molecule has 1 aromatic carbocycles. The summed E-state index contributed by atoms with van der Waals surface area (Å²) in [5, 5.41) is 9.41. The van der Waals surface area contributed by atoms with Gasteiger partial charge in [-0.1, -0.05) is 24.9 Å². The molecule has 2 N–H and O–H groups in total. The van der Waals surface area contributed by atoms with Crippen molar-refractivity contribution >= 4 is 27.6 Å². The highest BCUT2D eigenvalue weighted by atomic mass is 35.5. The number of sulfonamides is 1.